The summed E-state index contributed by atoms with van der Waals surface area (Å²) < 4.78 is 0. The van der Waals surface area contributed by atoms with Gasteiger partial charge in [-0.15, -0.1) is 0 Å². The number of imidazole rings is 1. The number of aromatic amines is 1. The van der Waals surface area contributed by atoms with Gasteiger partial charge in [0.05, 0.1) is 12.2 Å². The van der Waals surface area contributed by atoms with Crippen molar-refractivity contribution in [2.75, 3.05) is 6.54 Å². The maximum absolute atomic E-state index is 4.69. The summed E-state index contributed by atoms with van der Waals surface area (Å²) in [4.78, 5) is 8.05. The van der Waals surface area contributed by atoms with Crippen LogP contribution in [0.15, 0.2) is 24.3 Å². The molecule has 1 heterocycles. The van der Waals surface area contributed by atoms with Crippen LogP contribution in [0.5, 0.6) is 0 Å². The molecule has 0 saturated carbocycles. The number of H-pyrrole nitrogens is 1. The summed E-state index contributed by atoms with van der Waals surface area (Å²) >= 11 is 0. The van der Waals surface area contributed by atoms with Crippen molar-refractivity contribution >= 4 is 0 Å². The molecule has 0 aliphatic carbocycles. The van der Waals surface area contributed by atoms with Crippen molar-refractivity contribution in [3.63, 3.8) is 0 Å². The molecule has 102 valence electrons. The van der Waals surface area contributed by atoms with Crippen LogP contribution in [-0.2, 0) is 13.0 Å². The van der Waals surface area contributed by atoms with E-state index in [1.165, 1.54) is 11.1 Å². The van der Waals surface area contributed by atoms with Gasteiger partial charge in [-0.2, -0.15) is 0 Å². The van der Waals surface area contributed by atoms with Crippen LogP contribution in [0, 0.1) is 6.92 Å². The summed E-state index contributed by atoms with van der Waals surface area (Å²) in [6.07, 6.45) is 2.22. The van der Waals surface area contributed by atoms with Crippen molar-refractivity contribution in [2.45, 2.75) is 40.2 Å². The predicted octanol–water partition coefficient (Wildman–Crippen LogP) is 3.45. The molecule has 0 saturated heterocycles. The van der Waals surface area contributed by atoms with Crippen molar-refractivity contribution in [2.24, 2.45) is 0 Å². The van der Waals surface area contributed by atoms with E-state index in [1.54, 1.807) is 0 Å². The Kier molecular flexibility index (Phi) is 4.74. The molecule has 0 bridgehead atoms. The van der Waals surface area contributed by atoms with Crippen LogP contribution < -0.4 is 5.32 Å². The second kappa shape index (κ2) is 6.53. The highest BCUT2D eigenvalue weighted by Crippen LogP contribution is 2.21. The number of hydrogen-bond acceptors (Lipinski definition) is 2. The van der Waals surface area contributed by atoms with Crippen LogP contribution in [-0.4, -0.2) is 16.5 Å². The van der Waals surface area contributed by atoms with Crippen LogP contribution >= 0.6 is 0 Å². The summed E-state index contributed by atoms with van der Waals surface area (Å²) in [5, 5.41) is 3.37. The second-order valence-electron chi connectivity index (χ2n) is 4.88. The smallest absolute Gasteiger partial charge is 0.121 e. The lowest BCUT2D eigenvalue weighted by molar-refractivity contribution is 0.655. The zero-order valence-electron chi connectivity index (χ0n) is 12.1. The summed E-state index contributed by atoms with van der Waals surface area (Å²) in [7, 11) is 0. The van der Waals surface area contributed by atoms with E-state index in [0.29, 0.717) is 0 Å². The Morgan fingerprint density at radius 1 is 1.16 bits per heavy atom. The maximum Gasteiger partial charge on any atom is 0.121 e. The molecule has 2 rings (SSSR count). The molecule has 2 aromatic rings. The van der Waals surface area contributed by atoms with Gasteiger partial charge in [0, 0.05) is 11.3 Å². The zero-order chi connectivity index (χ0) is 13.7. The average Bonchev–Trinajstić information content (AvgIpc) is 2.80. The molecule has 0 atom stereocenters. The van der Waals surface area contributed by atoms with Crippen molar-refractivity contribution < 1.29 is 0 Å². The lowest BCUT2D eigenvalue weighted by Gasteiger charge is -2.01. The van der Waals surface area contributed by atoms with Crippen LogP contribution in [0.1, 0.15) is 37.4 Å². The first-order valence-electron chi connectivity index (χ1n) is 7.10. The second-order valence-corrected chi connectivity index (χ2v) is 4.88. The van der Waals surface area contributed by atoms with E-state index in [4.69, 9.17) is 0 Å². The van der Waals surface area contributed by atoms with Crippen LogP contribution in [0.4, 0.5) is 0 Å². The van der Waals surface area contributed by atoms with Gasteiger partial charge in [0.1, 0.15) is 5.82 Å². The van der Waals surface area contributed by atoms with Crippen molar-refractivity contribution in [1.82, 2.24) is 15.3 Å². The van der Waals surface area contributed by atoms with Gasteiger partial charge in [0.15, 0.2) is 0 Å². The molecule has 2 N–H and O–H groups in total. The fourth-order valence-electron chi connectivity index (χ4n) is 2.17. The number of nitrogens with zero attached hydrogens (tertiary/aromatic N) is 1. The molecule has 0 unspecified atom stereocenters. The third-order valence-corrected chi connectivity index (χ3v) is 3.29. The van der Waals surface area contributed by atoms with Gasteiger partial charge in [0.25, 0.3) is 0 Å². The summed E-state index contributed by atoms with van der Waals surface area (Å²) in [6.45, 7) is 8.26. The Hall–Kier alpha value is -1.61. The molecule has 0 spiro atoms. The van der Waals surface area contributed by atoms with Gasteiger partial charge in [-0.05, 0) is 31.9 Å². The molecule has 0 aliphatic heterocycles. The van der Waals surface area contributed by atoms with Crippen molar-refractivity contribution in [1.29, 1.82) is 0 Å². The van der Waals surface area contributed by atoms with E-state index >= 15 is 0 Å². The third kappa shape index (κ3) is 3.44. The first kappa shape index (κ1) is 13.8. The number of aromatic nitrogens is 2. The molecule has 1 aromatic heterocycles. The van der Waals surface area contributed by atoms with Crippen molar-refractivity contribution in [3.8, 4) is 11.3 Å². The fraction of sp³-hybridized carbons (Fsp3) is 0.438. The lowest BCUT2D eigenvalue weighted by atomic mass is 10.1. The SMILES string of the molecule is CCCNCc1nc(-c2ccc(CC)cc2)c(C)[nH]1. The molecule has 3 heteroatoms. The lowest BCUT2D eigenvalue weighted by Crippen LogP contribution is -2.14. The third-order valence-electron chi connectivity index (χ3n) is 3.29. The normalized spacial score (nSPS) is 10.9. The molecular weight excluding hydrogens is 234 g/mol. The molecular formula is C16H23N3. The Labute approximate surface area is 115 Å². The quantitative estimate of drug-likeness (QED) is 0.778. The standard InChI is InChI=1S/C16H23N3/c1-4-10-17-11-15-18-12(3)16(19-15)14-8-6-13(5-2)7-9-14/h6-9,17H,4-5,10-11H2,1-3H3,(H,18,19). The molecule has 0 fully saturated rings. The molecule has 0 amide bonds. The summed E-state index contributed by atoms with van der Waals surface area (Å²) in [6, 6.07) is 8.67. The Balaban J connectivity index is 2.14. The van der Waals surface area contributed by atoms with Crippen LogP contribution in [0.2, 0.25) is 0 Å². The van der Waals surface area contributed by atoms with E-state index in [1.807, 2.05) is 0 Å². The van der Waals surface area contributed by atoms with Gasteiger partial charge in [-0.1, -0.05) is 38.1 Å². The molecule has 1 aromatic carbocycles. The summed E-state index contributed by atoms with van der Waals surface area (Å²) in [5.74, 6) is 1.01. The highest BCUT2D eigenvalue weighted by molar-refractivity contribution is 5.62. The number of rotatable bonds is 6. The first-order valence-corrected chi connectivity index (χ1v) is 7.10. The first-order chi connectivity index (χ1) is 9.24. The minimum Gasteiger partial charge on any atom is -0.344 e. The Morgan fingerprint density at radius 2 is 1.89 bits per heavy atom. The van der Waals surface area contributed by atoms with Gasteiger partial charge in [-0.25, -0.2) is 4.98 Å². The molecule has 19 heavy (non-hydrogen) atoms. The van der Waals surface area contributed by atoms with Gasteiger partial charge >= 0.3 is 0 Å². The van der Waals surface area contributed by atoms with Crippen LogP contribution in [0.3, 0.4) is 0 Å². The van der Waals surface area contributed by atoms with E-state index in [9.17, 15) is 0 Å². The number of hydrogen-bond donors (Lipinski definition) is 2. The van der Waals surface area contributed by atoms with Gasteiger partial charge in [-0.3, -0.25) is 0 Å². The monoisotopic (exact) mass is 257 g/mol. The molecule has 3 nitrogen and oxygen atoms in total. The van der Waals surface area contributed by atoms with E-state index in [0.717, 1.165) is 43.1 Å². The van der Waals surface area contributed by atoms with Crippen LogP contribution in [0.25, 0.3) is 11.3 Å². The Morgan fingerprint density at radius 3 is 2.53 bits per heavy atom. The highest BCUT2D eigenvalue weighted by atomic mass is 15.0. The van der Waals surface area contributed by atoms with Crippen molar-refractivity contribution in [3.05, 3.63) is 41.3 Å². The topological polar surface area (TPSA) is 40.7 Å². The molecule has 0 radical (unpaired) electrons. The number of aryl methyl sites for hydroxylation is 2. The predicted molar refractivity (Wildman–Crippen MR) is 80.1 cm³/mol. The number of nitrogens with one attached hydrogen (secondary N) is 2. The zero-order valence-corrected chi connectivity index (χ0v) is 12.1. The Bertz CT molecular complexity index is 511. The highest BCUT2D eigenvalue weighted by Gasteiger charge is 2.08. The van der Waals surface area contributed by atoms with Gasteiger partial charge < -0.3 is 10.3 Å². The summed E-state index contributed by atoms with van der Waals surface area (Å²) in [5.41, 5.74) is 4.75. The van der Waals surface area contributed by atoms with E-state index < -0.39 is 0 Å². The fourth-order valence-corrected chi connectivity index (χ4v) is 2.17. The van der Waals surface area contributed by atoms with Gasteiger partial charge in [0.2, 0.25) is 0 Å². The largest absolute Gasteiger partial charge is 0.344 e. The number of benzene rings is 1. The average molecular weight is 257 g/mol. The minimum atomic E-state index is 0.807. The minimum absolute atomic E-state index is 0.807. The van der Waals surface area contributed by atoms with E-state index in [-0.39, 0.29) is 0 Å². The maximum atomic E-state index is 4.69. The molecule has 0 aliphatic rings. The van der Waals surface area contributed by atoms with E-state index in [2.05, 4.69) is 60.3 Å².